The van der Waals surface area contributed by atoms with Crippen molar-refractivity contribution in [2.75, 3.05) is 6.61 Å². The molecule has 32 heavy (non-hydrogen) atoms. The van der Waals surface area contributed by atoms with Crippen LogP contribution in [0.25, 0.3) is 0 Å². The van der Waals surface area contributed by atoms with Crippen molar-refractivity contribution in [2.45, 2.75) is 32.6 Å². The molecule has 0 spiro atoms. The summed E-state index contributed by atoms with van der Waals surface area (Å²) in [5.74, 6) is -0.400. The van der Waals surface area contributed by atoms with Gasteiger partial charge in [-0.3, -0.25) is 20.4 Å². The zero-order chi connectivity index (χ0) is 23.1. The molecule has 2 amide bonds. The molecule has 166 valence electrons. The van der Waals surface area contributed by atoms with Crippen LogP contribution in [0, 0.1) is 6.92 Å². The summed E-state index contributed by atoms with van der Waals surface area (Å²) in [5, 5.41) is 0. The summed E-state index contributed by atoms with van der Waals surface area (Å²) in [6, 6.07) is 22.8. The van der Waals surface area contributed by atoms with E-state index in [-0.39, 0.29) is 18.4 Å². The highest BCUT2D eigenvalue weighted by Crippen LogP contribution is 2.32. The number of hydrogen-bond acceptors (Lipinski definition) is 3. The van der Waals surface area contributed by atoms with Crippen LogP contribution in [0.2, 0.25) is 0 Å². The summed E-state index contributed by atoms with van der Waals surface area (Å²) in [6.07, 6.45) is 0. The molecule has 0 aromatic heterocycles. The number of hydrazine groups is 1. The molecule has 0 bridgehead atoms. The van der Waals surface area contributed by atoms with Gasteiger partial charge in [0.2, 0.25) is 5.91 Å². The Balaban J connectivity index is 1.65. The van der Waals surface area contributed by atoms with E-state index in [9.17, 15) is 9.59 Å². The van der Waals surface area contributed by atoms with Crippen molar-refractivity contribution in [1.82, 2.24) is 10.9 Å². The quantitative estimate of drug-likeness (QED) is 0.441. The maximum Gasteiger partial charge on any atom is 0.276 e. The molecule has 0 heterocycles. The molecule has 6 heteroatoms. The molecule has 0 unspecified atom stereocenters. The average Bonchev–Trinajstić information content (AvgIpc) is 2.79. The van der Waals surface area contributed by atoms with E-state index in [4.69, 9.17) is 4.74 Å². The molecule has 0 aliphatic heterocycles. The Morgan fingerprint density at radius 3 is 2.00 bits per heavy atom. The van der Waals surface area contributed by atoms with Crippen LogP contribution >= 0.6 is 15.9 Å². The molecule has 0 fully saturated rings. The Kier molecular flexibility index (Phi) is 8.06. The van der Waals surface area contributed by atoms with E-state index in [0.717, 1.165) is 26.7 Å². The van der Waals surface area contributed by atoms with E-state index in [1.54, 1.807) is 0 Å². The minimum Gasteiger partial charge on any atom is -0.483 e. The average molecular weight is 495 g/mol. The van der Waals surface area contributed by atoms with Crippen LogP contribution in [0.15, 0.2) is 77.3 Å². The van der Waals surface area contributed by atoms with Gasteiger partial charge in [-0.2, -0.15) is 0 Å². The van der Waals surface area contributed by atoms with Crippen LogP contribution in [-0.4, -0.2) is 18.4 Å². The number of benzene rings is 3. The molecule has 0 saturated carbocycles. The smallest absolute Gasteiger partial charge is 0.276 e. The van der Waals surface area contributed by atoms with E-state index in [2.05, 4.69) is 40.6 Å². The van der Waals surface area contributed by atoms with Crippen molar-refractivity contribution in [2.24, 2.45) is 0 Å². The Bertz CT molecular complexity index is 1030. The molecule has 3 aromatic carbocycles. The minimum absolute atomic E-state index is 0.206. The summed E-state index contributed by atoms with van der Waals surface area (Å²) in [4.78, 5) is 25.4. The fourth-order valence-corrected chi connectivity index (χ4v) is 3.78. The monoisotopic (exact) mass is 494 g/mol. The largest absolute Gasteiger partial charge is 0.483 e. The van der Waals surface area contributed by atoms with Gasteiger partial charge in [-0.1, -0.05) is 90.4 Å². The second-order valence-corrected chi connectivity index (χ2v) is 8.73. The standard InChI is InChI=1S/C26H27BrN2O3/c1-17(2)21-15-22(27)18(3)14-23(21)32-16-24(30)28-29-26(31)25(19-10-6-4-7-11-19)20-12-8-5-9-13-20/h4-15,17,25H,16H2,1-3H3,(H,28,30)(H,29,31). The summed E-state index contributed by atoms with van der Waals surface area (Å²) < 4.78 is 6.77. The summed E-state index contributed by atoms with van der Waals surface area (Å²) in [6.45, 7) is 5.90. The highest BCUT2D eigenvalue weighted by molar-refractivity contribution is 9.10. The van der Waals surface area contributed by atoms with Crippen molar-refractivity contribution >= 4 is 27.7 Å². The summed E-state index contributed by atoms with van der Waals surface area (Å²) in [5.41, 5.74) is 8.73. The third-order valence-corrected chi connectivity index (χ3v) is 5.98. The summed E-state index contributed by atoms with van der Waals surface area (Å²) in [7, 11) is 0. The lowest BCUT2D eigenvalue weighted by atomic mass is 9.91. The first-order valence-corrected chi connectivity index (χ1v) is 11.3. The van der Waals surface area contributed by atoms with Crippen molar-refractivity contribution in [3.8, 4) is 5.75 Å². The van der Waals surface area contributed by atoms with Crippen LogP contribution in [0.5, 0.6) is 5.75 Å². The molecule has 5 nitrogen and oxygen atoms in total. The van der Waals surface area contributed by atoms with Gasteiger partial charge in [0.1, 0.15) is 5.75 Å². The van der Waals surface area contributed by atoms with Gasteiger partial charge in [-0.05, 0) is 47.2 Å². The van der Waals surface area contributed by atoms with Crippen molar-refractivity contribution < 1.29 is 14.3 Å². The Hall–Kier alpha value is -3.12. The molecule has 0 atom stereocenters. The van der Waals surface area contributed by atoms with Crippen LogP contribution in [0.3, 0.4) is 0 Å². The zero-order valence-electron chi connectivity index (χ0n) is 18.4. The molecule has 0 aliphatic carbocycles. The van der Waals surface area contributed by atoms with E-state index in [1.807, 2.05) is 79.7 Å². The van der Waals surface area contributed by atoms with Gasteiger partial charge in [-0.25, -0.2) is 0 Å². The van der Waals surface area contributed by atoms with Crippen LogP contribution < -0.4 is 15.6 Å². The lowest BCUT2D eigenvalue weighted by Crippen LogP contribution is -2.46. The zero-order valence-corrected chi connectivity index (χ0v) is 20.0. The normalized spacial score (nSPS) is 10.8. The number of rotatable bonds is 7. The molecule has 0 saturated heterocycles. The third kappa shape index (κ3) is 5.98. The maximum absolute atomic E-state index is 13.0. The maximum atomic E-state index is 13.0. The van der Waals surface area contributed by atoms with Gasteiger partial charge in [0.25, 0.3) is 5.91 Å². The number of carbonyl (C=O) groups is 2. The lowest BCUT2D eigenvalue weighted by molar-refractivity contribution is -0.130. The number of hydrogen-bond donors (Lipinski definition) is 2. The Morgan fingerprint density at radius 1 is 0.906 bits per heavy atom. The van der Waals surface area contributed by atoms with Gasteiger partial charge in [0.15, 0.2) is 6.61 Å². The second-order valence-electron chi connectivity index (χ2n) is 7.87. The van der Waals surface area contributed by atoms with Gasteiger partial charge in [-0.15, -0.1) is 0 Å². The number of ether oxygens (including phenoxy) is 1. The van der Waals surface area contributed by atoms with Gasteiger partial charge in [0.05, 0.1) is 5.92 Å². The highest BCUT2D eigenvalue weighted by atomic mass is 79.9. The molecule has 0 radical (unpaired) electrons. The molecule has 3 rings (SSSR count). The topological polar surface area (TPSA) is 67.4 Å². The molecule has 2 N–H and O–H groups in total. The van der Waals surface area contributed by atoms with Crippen molar-refractivity contribution in [3.63, 3.8) is 0 Å². The van der Waals surface area contributed by atoms with Crippen molar-refractivity contribution in [3.05, 3.63) is 99.5 Å². The number of aryl methyl sites for hydroxylation is 1. The predicted octanol–water partition coefficient (Wildman–Crippen LogP) is 5.24. The SMILES string of the molecule is Cc1cc(OCC(=O)NNC(=O)C(c2ccccc2)c2ccccc2)c(C(C)C)cc1Br. The first-order valence-electron chi connectivity index (χ1n) is 10.5. The highest BCUT2D eigenvalue weighted by Gasteiger charge is 2.23. The van der Waals surface area contributed by atoms with E-state index < -0.39 is 11.8 Å². The predicted molar refractivity (Wildman–Crippen MR) is 129 cm³/mol. The number of carbonyl (C=O) groups excluding carboxylic acids is 2. The number of halogens is 1. The fraction of sp³-hybridized carbons (Fsp3) is 0.231. The van der Waals surface area contributed by atoms with Crippen LogP contribution in [-0.2, 0) is 9.59 Å². The van der Waals surface area contributed by atoms with Gasteiger partial charge in [0, 0.05) is 4.47 Å². The molecule has 0 aliphatic rings. The van der Waals surface area contributed by atoms with Gasteiger partial charge >= 0.3 is 0 Å². The number of amides is 2. The van der Waals surface area contributed by atoms with E-state index in [1.165, 1.54) is 0 Å². The lowest BCUT2D eigenvalue weighted by Gasteiger charge is -2.19. The first kappa shape index (κ1) is 23.5. The summed E-state index contributed by atoms with van der Waals surface area (Å²) >= 11 is 3.54. The third-order valence-electron chi connectivity index (χ3n) is 5.12. The van der Waals surface area contributed by atoms with Crippen LogP contribution in [0.4, 0.5) is 0 Å². The molecular weight excluding hydrogens is 468 g/mol. The Labute approximate surface area is 197 Å². The van der Waals surface area contributed by atoms with Gasteiger partial charge < -0.3 is 4.74 Å². The van der Waals surface area contributed by atoms with E-state index in [0.29, 0.717) is 5.75 Å². The Morgan fingerprint density at radius 2 is 1.47 bits per heavy atom. The fourth-order valence-electron chi connectivity index (χ4n) is 3.42. The minimum atomic E-state index is -0.541. The second kappa shape index (κ2) is 11.0. The van der Waals surface area contributed by atoms with Crippen molar-refractivity contribution in [1.29, 1.82) is 0 Å². The van der Waals surface area contributed by atoms with Crippen LogP contribution in [0.1, 0.15) is 47.9 Å². The first-order chi connectivity index (χ1) is 15.4. The molecule has 3 aromatic rings. The molecular formula is C26H27BrN2O3. The number of nitrogens with one attached hydrogen (secondary N) is 2. The van der Waals surface area contributed by atoms with E-state index >= 15 is 0 Å².